The van der Waals surface area contributed by atoms with Gasteiger partial charge in [0, 0.05) is 31.4 Å². The predicted octanol–water partition coefficient (Wildman–Crippen LogP) is 3.36. The van der Waals surface area contributed by atoms with Crippen molar-refractivity contribution in [3.8, 4) is 11.4 Å². The van der Waals surface area contributed by atoms with Gasteiger partial charge >= 0.3 is 11.8 Å². The van der Waals surface area contributed by atoms with Gasteiger partial charge in [-0.15, -0.1) is 0 Å². The van der Waals surface area contributed by atoms with E-state index in [0.717, 1.165) is 35.6 Å². The number of carbonyl (C=O) groups excluding carboxylic acids is 1. The second-order valence-electron chi connectivity index (χ2n) is 7.05. The number of carbonyl (C=O) groups is 1. The van der Waals surface area contributed by atoms with Gasteiger partial charge in [-0.1, -0.05) is 35.0 Å². The number of anilines is 1. The quantitative estimate of drug-likeness (QED) is 0.734. The fourth-order valence-corrected chi connectivity index (χ4v) is 3.37. The topological polar surface area (TPSA) is 84.2 Å². The zero-order valence-corrected chi connectivity index (χ0v) is 15.9. The number of hydrogen-bond acceptors (Lipinski definition) is 6. The summed E-state index contributed by atoms with van der Waals surface area (Å²) in [5.41, 5.74) is 2.96. The maximum atomic E-state index is 12.3. The van der Waals surface area contributed by atoms with Gasteiger partial charge in [0.15, 0.2) is 0 Å². The molecule has 0 spiro atoms. The lowest BCUT2D eigenvalue weighted by Crippen LogP contribution is -2.30. The third-order valence-corrected chi connectivity index (χ3v) is 4.84. The summed E-state index contributed by atoms with van der Waals surface area (Å²) in [6, 6.07) is 11.7. The van der Waals surface area contributed by atoms with Gasteiger partial charge in [0.05, 0.1) is 0 Å². The smallest absolute Gasteiger partial charge is 0.316 e. The zero-order valence-electron chi connectivity index (χ0n) is 15.9. The van der Waals surface area contributed by atoms with Crippen LogP contribution in [0.4, 0.5) is 5.82 Å². The molecular weight excluding hydrogens is 354 g/mol. The molecule has 1 aliphatic heterocycles. The lowest BCUT2D eigenvalue weighted by molar-refractivity contribution is 0.0907. The van der Waals surface area contributed by atoms with Crippen LogP contribution in [0.2, 0.25) is 0 Å². The summed E-state index contributed by atoms with van der Waals surface area (Å²) < 4.78 is 5.17. The van der Waals surface area contributed by atoms with E-state index >= 15 is 0 Å². The number of nitrogens with one attached hydrogen (secondary N) is 1. The van der Waals surface area contributed by atoms with Crippen molar-refractivity contribution in [2.75, 3.05) is 18.0 Å². The van der Waals surface area contributed by atoms with Crippen molar-refractivity contribution in [2.24, 2.45) is 0 Å². The molecule has 3 heterocycles. The van der Waals surface area contributed by atoms with Gasteiger partial charge in [-0.3, -0.25) is 4.79 Å². The minimum absolute atomic E-state index is 0.0426. The van der Waals surface area contributed by atoms with E-state index < -0.39 is 0 Å². The summed E-state index contributed by atoms with van der Waals surface area (Å²) >= 11 is 0. The summed E-state index contributed by atoms with van der Waals surface area (Å²) in [4.78, 5) is 23.3. The van der Waals surface area contributed by atoms with Crippen LogP contribution in [0.15, 0.2) is 47.1 Å². The Morgan fingerprint density at radius 1 is 1.18 bits per heavy atom. The van der Waals surface area contributed by atoms with E-state index in [1.807, 2.05) is 43.3 Å². The molecule has 3 aromatic rings. The van der Waals surface area contributed by atoms with Crippen LogP contribution in [-0.4, -0.2) is 34.1 Å². The maximum absolute atomic E-state index is 12.3. The molecule has 4 rings (SSSR count). The third-order valence-electron chi connectivity index (χ3n) is 4.84. The van der Waals surface area contributed by atoms with E-state index in [2.05, 4.69) is 25.3 Å². The van der Waals surface area contributed by atoms with Crippen LogP contribution in [0.3, 0.4) is 0 Å². The summed E-state index contributed by atoms with van der Waals surface area (Å²) in [7, 11) is 0. The summed E-state index contributed by atoms with van der Waals surface area (Å²) in [6.07, 6.45) is 5.37. The average molecular weight is 377 g/mol. The van der Waals surface area contributed by atoms with Crippen LogP contribution in [-0.2, 0) is 6.54 Å². The van der Waals surface area contributed by atoms with Crippen LogP contribution in [0, 0.1) is 6.92 Å². The van der Waals surface area contributed by atoms with Gasteiger partial charge in [0.2, 0.25) is 5.82 Å². The first-order valence-corrected chi connectivity index (χ1v) is 9.58. The molecule has 0 radical (unpaired) electrons. The van der Waals surface area contributed by atoms with E-state index in [0.29, 0.717) is 12.4 Å². The van der Waals surface area contributed by atoms with E-state index in [-0.39, 0.29) is 11.8 Å². The molecule has 1 aromatic carbocycles. The van der Waals surface area contributed by atoms with Crippen LogP contribution in [0.5, 0.6) is 0 Å². The number of nitrogens with zero attached hydrogens (tertiary/aromatic N) is 4. The second kappa shape index (κ2) is 8.21. The SMILES string of the molecule is Cc1cccc(CNC(=O)c2nc(-c3ccnc(N4CCCCC4)c3)no2)c1. The van der Waals surface area contributed by atoms with Crippen molar-refractivity contribution in [2.45, 2.75) is 32.7 Å². The van der Waals surface area contributed by atoms with Crippen molar-refractivity contribution in [3.05, 3.63) is 59.6 Å². The van der Waals surface area contributed by atoms with Crippen LogP contribution >= 0.6 is 0 Å². The molecule has 7 nitrogen and oxygen atoms in total. The van der Waals surface area contributed by atoms with Crippen molar-refractivity contribution in [1.82, 2.24) is 20.4 Å². The normalized spacial score (nSPS) is 14.1. The Labute approximate surface area is 163 Å². The minimum Gasteiger partial charge on any atom is -0.357 e. The first-order chi connectivity index (χ1) is 13.7. The van der Waals surface area contributed by atoms with Gasteiger partial charge < -0.3 is 14.7 Å². The van der Waals surface area contributed by atoms with Crippen LogP contribution < -0.4 is 10.2 Å². The Balaban J connectivity index is 1.44. The van der Waals surface area contributed by atoms with E-state index in [1.165, 1.54) is 19.3 Å². The fourth-order valence-electron chi connectivity index (χ4n) is 3.37. The lowest BCUT2D eigenvalue weighted by atomic mass is 10.1. The fraction of sp³-hybridized carbons (Fsp3) is 0.333. The van der Waals surface area contributed by atoms with Crippen molar-refractivity contribution >= 4 is 11.7 Å². The molecule has 7 heteroatoms. The molecule has 2 aromatic heterocycles. The third kappa shape index (κ3) is 4.19. The number of piperidine rings is 1. The first kappa shape index (κ1) is 18.2. The number of pyridine rings is 1. The maximum Gasteiger partial charge on any atom is 0.316 e. The molecule has 1 amide bonds. The number of hydrogen-bond donors (Lipinski definition) is 1. The number of aromatic nitrogens is 3. The highest BCUT2D eigenvalue weighted by Gasteiger charge is 2.18. The number of benzene rings is 1. The van der Waals surface area contributed by atoms with Gasteiger partial charge in [0.25, 0.3) is 0 Å². The summed E-state index contributed by atoms with van der Waals surface area (Å²) in [5.74, 6) is 0.873. The highest BCUT2D eigenvalue weighted by Crippen LogP contribution is 2.23. The van der Waals surface area contributed by atoms with Crippen molar-refractivity contribution in [3.63, 3.8) is 0 Å². The Morgan fingerprint density at radius 3 is 2.86 bits per heavy atom. The van der Waals surface area contributed by atoms with Gasteiger partial charge in [-0.2, -0.15) is 4.98 Å². The largest absolute Gasteiger partial charge is 0.357 e. The van der Waals surface area contributed by atoms with Crippen LogP contribution in [0.25, 0.3) is 11.4 Å². The Bertz CT molecular complexity index is 963. The first-order valence-electron chi connectivity index (χ1n) is 9.58. The molecule has 28 heavy (non-hydrogen) atoms. The molecule has 1 N–H and O–H groups in total. The number of amides is 1. The van der Waals surface area contributed by atoms with Gasteiger partial charge in [-0.05, 0) is 43.9 Å². The molecule has 144 valence electrons. The molecule has 1 fully saturated rings. The highest BCUT2D eigenvalue weighted by molar-refractivity contribution is 5.89. The predicted molar refractivity (Wildman–Crippen MR) is 106 cm³/mol. The highest BCUT2D eigenvalue weighted by atomic mass is 16.5. The van der Waals surface area contributed by atoms with E-state index in [4.69, 9.17) is 4.52 Å². The van der Waals surface area contributed by atoms with Crippen LogP contribution in [0.1, 0.15) is 41.1 Å². The second-order valence-corrected chi connectivity index (χ2v) is 7.05. The molecule has 0 unspecified atom stereocenters. The standard InChI is InChI=1S/C21H23N5O2/c1-15-6-5-7-16(12-15)14-23-20(27)21-24-19(25-28-21)17-8-9-22-18(13-17)26-10-3-2-4-11-26/h5-9,12-13H,2-4,10-11,14H2,1H3,(H,23,27). The molecule has 0 atom stereocenters. The molecule has 1 saturated heterocycles. The Hall–Kier alpha value is -3.22. The molecule has 0 saturated carbocycles. The molecule has 1 aliphatic rings. The zero-order chi connectivity index (χ0) is 19.3. The molecule has 0 aliphatic carbocycles. The van der Waals surface area contributed by atoms with Crippen molar-refractivity contribution < 1.29 is 9.32 Å². The van der Waals surface area contributed by atoms with E-state index in [1.54, 1.807) is 6.20 Å². The molecular formula is C21H23N5O2. The summed E-state index contributed by atoms with van der Waals surface area (Å²) in [5, 5.41) is 6.78. The minimum atomic E-state index is -0.384. The van der Waals surface area contributed by atoms with Gasteiger partial charge in [-0.25, -0.2) is 4.98 Å². The number of rotatable bonds is 5. The summed E-state index contributed by atoms with van der Waals surface area (Å²) in [6.45, 7) is 4.44. The van der Waals surface area contributed by atoms with Crippen molar-refractivity contribution in [1.29, 1.82) is 0 Å². The monoisotopic (exact) mass is 377 g/mol. The van der Waals surface area contributed by atoms with Gasteiger partial charge in [0.1, 0.15) is 5.82 Å². The average Bonchev–Trinajstić information content (AvgIpc) is 3.23. The van der Waals surface area contributed by atoms with E-state index in [9.17, 15) is 4.79 Å². The lowest BCUT2D eigenvalue weighted by Gasteiger charge is -2.27. The Kier molecular flexibility index (Phi) is 5.32. The number of aryl methyl sites for hydroxylation is 1. The molecule has 0 bridgehead atoms. The Morgan fingerprint density at radius 2 is 2.04 bits per heavy atom.